The molecule has 7 nitrogen and oxygen atoms in total. The third-order valence-electron chi connectivity index (χ3n) is 6.70. The Balaban J connectivity index is 1.38. The molecule has 1 fully saturated rings. The van der Waals surface area contributed by atoms with Crippen LogP contribution in [0.5, 0.6) is 0 Å². The summed E-state index contributed by atoms with van der Waals surface area (Å²) in [6.07, 6.45) is 4.64. The number of unbranched alkanes of at least 4 members (excludes halogenated alkanes) is 1. The van der Waals surface area contributed by atoms with Crippen LogP contribution in [0.1, 0.15) is 53.9 Å². The van der Waals surface area contributed by atoms with Crippen molar-refractivity contribution in [3.63, 3.8) is 0 Å². The van der Waals surface area contributed by atoms with Crippen molar-refractivity contribution in [3.05, 3.63) is 65.2 Å². The van der Waals surface area contributed by atoms with E-state index in [0.717, 1.165) is 35.0 Å². The van der Waals surface area contributed by atoms with Gasteiger partial charge in [0.15, 0.2) is 5.01 Å². The zero-order chi connectivity index (χ0) is 25.3. The molecule has 0 spiro atoms. The Morgan fingerprint density at radius 1 is 1.08 bits per heavy atom. The zero-order valence-electron chi connectivity index (χ0n) is 20.5. The molecule has 1 saturated heterocycles. The smallest absolute Gasteiger partial charge is 0.225 e. The van der Waals surface area contributed by atoms with E-state index >= 15 is 0 Å². The largest absolute Gasteiger partial charge is 0.346 e. The van der Waals surface area contributed by atoms with Gasteiger partial charge in [0.1, 0.15) is 0 Å². The SMILES string of the molecule is NCCCCC(NC(=O)[C@@H]1CCCN(C(=O)CCc2ccccc2)C1)C(=O)c1nc2ccccc2s1. The Morgan fingerprint density at radius 2 is 1.86 bits per heavy atom. The maximum absolute atomic E-state index is 13.4. The average Bonchev–Trinajstić information content (AvgIpc) is 3.36. The Bertz CT molecular complexity index is 1150. The minimum atomic E-state index is -0.645. The number of Topliss-reactive ketones (excluding diaryl/α,β-unsaturated/α-hetero) is 1. The minimum absolute atomic E-state index is 0.0707. The zero-order valence-corrected chi connectivity index (χ0v) is 21.3. The van der Waals surface area contributed by atoms with Crippen molar-refractivity contribution in [1.82, 2.24) is 15.2 Å². The molecular weight excluding hydrogens is 472 g/mol. The summed E-state index contributed by atoms with van der Waals surface area (Å²) in [7, 11) is 0. The first-order valence-electron chi connectivity index (χ1n) is 12.8. The summed E-state index contributed by atoms with van der Waals surface area (Å²) in [6.45, 7) is 1.60. The monoisotopic (exact) mass is 506 g/mol. The summed E-state index contributed by atoms with van der Waals surface area (Å²) in [6, 6.07) is 16.9. The minimum Gasteiger partial charge on any atom is -0.346 e. The molecule has 36 heavy (non-hydrogen) atoms. The molecule has 0 saturated carbocycles. The maximum Gasteiger partial charge on any atom is 0.225 e. The highest BCUT2D eigenvalue weighted by Gasteiger charge is 2.31. The number of rotatable bonds is 11. The highest BCUT2D eigenvalue weighted by Crippen LogP contribution is 2.24. The highest BCUT2D eigenvalue weighted by atomic mass is 32.1. The molecule has 0 radical (unpaired) electrons. The number of piperidine rings is 1. The normalized spacial score (nSPS) is 16.6. The van der Waals surface area contributed by atoms with E-state index in [-0.39, 0.29) is 23.5 Å². The van der Waals surface area contributed by atoms with Crippen LogP contribution in [-0.2, 0) is 16.0 Å². The van der Waals surface area contributed by atoms with Crippen LogP contribution >= 0.6 is 11.3 Å². The molecule has 4 rings (SSSR count). The van der Waals surface area contributed by atoms with Gasteiger partial charge in [-0.25, -0.2) is 4.98 Å². The second-order valence-electron chi connectivity index (χ2n) is 9.36. The lowest BCUT2D eigenvalue weighted by Gasteiger charge is -2.33. The summed E-state index contributed by atoms with van der Waals surface area (Å²) in [5.41, 5.74) is 7.57. The molecule has 2 aromatic carbocycles. The highest BCUT2D eigenvalue weighted by molar-refractivity contribution is 7.20. The predicted octanol–water partition coefficient (Wildman–Crippen LogP) is 3.96. The molecule has 1 aliphatic heterocycles. The Labute approximate surface area is 216 Å². The number of nitrogens with zero attached hydrogens (tertiary/aromatic N) is 2. The summed E-state index contributed by atoms with van der Waals surface area (Å²) < 4.78 is 0.949. The van der Waals surface area contributed by atoms with Gasteiger partial charge in [0.2, 0.25) is 17.6 Å². The van der Waals surface area contributed by atoms with E-state index < -0.39 is 6.04 Å². The van der Waals surface area contributed by atoms with Crippen LogP contribution in [0.2, 0.25) is 0 Å². The van der Waals surface area contributed by atoms with Crippen molar-refractivity contribution in [2.24, 2.45) is 11.7 Å². The number of hydrogen-bond acceptors (Lipinski definition) is 6. The van der Waals surface area contributed by atoms with Crippen LogP contribution in [0.25, 0.3) is 10.2 Å². The van der Waals surface area contributed by atoms with E-state index in [2.05, 4.69) is 10.3 Å². The summed E-state index contributed by atoms with van der Waals surface area (Å²) in [5.74, 6) is -0.572. The summed E-state index contributed by atoms with van der Waals surface area (Å²) in [4.78, 5) is 45.7. The number of ketones is 1. The van der Waals surface area contributed by atoms with Crippen LogP contribution in [0.4, 0.5) is 0 Å². The molecule has 0 bridgehead atoms. The Morgan fingerprint density at radius 3 is 2.64 bits per heavy atom. The number of carbonyl (C=O) groups is 3. The fraction of sp³-hybridized carbons (Fsp3) is 0.429. The van der Waals surface area contributed by atoms with E-state index in [1.807, 2.05) is 54.6 Å². The number of benzene rings is 2. The van der Waals surface area contributed by atoms with Crippen LogP contribution in [0.15, 0.2) is 54.6 Å². The lowest BCUT2D eigenvalue weighted by Crippen LogP contribution is -2.49. The number of hydrogen-bond donors (Lipinski definition) is 2. The van der Waals surface area contributed by atoms with Crippen molar-refractivity contribution in [2.75, 3.05) is 19.6 Å². The molecule has 1 unspecified atom stereocenters. The van der Waals surface area contributed by atoms with Gasteiger partial charge in [-0.1, -0.05) is 42.5 Å². The first-order valence-corrected chi connectivity index (χ1v) is 13.6. The average molecular weight is 507 g/mol. The van der Waals surface area contributed by atoms with E-state index in [4.69, 9.17) is 5.73 Å². The molecule has 190 valence electrons. The summed E-state index contributed by atoms with van der Waals surface area (Å²) >= 11 is 1.35. The number of aromatic nitrogens is 1. The third-order valence-corrected chi connectivity index (χ3v) is 7.75. The molecule has 1 aliphatic rings. The lowest BCUT2D eigenvalue weighted by molar-refractivity contribution is -0.135. The number of amides is 2. The first-order chi connectivity index (χ1) is 17.5. The van der Waals surface area contributed by atoms with Gasteiger partial charge in [0, 0.05) is 19.5 Å². The van der Waals surface area contributed by atoms with E-state index in [0.29, 0.717) is 50.3 Å². The lowest BCUT2D eigenvalue weighted by atomic mass is 9.95. The molecule has 2 heterocycles. The number of nitrogens with one attached hydrogen (secondary N) is 1. The molecule has 1 aromatic heterocycles. The van der Waals surface area contributed by atoms with Crippen LogP contribution in [0, 0.1) is 5.92 Å². The summed E-state index contributed by atoms with van der Waals surface area (Å²) in [5, 5.41) is 3.42. The quantitative estimate of drug-likeness (QED) is 0.302. The standard InChI is InChI=1S/C28H34N4O3S/c29-17-7-6-13-23(26(34)28-31-22-12-4-5-14-24(22)36-28)30-27(35)21-11-8-18-32(19-21)25(33)16-15-20-9-2-1-3-10-20/h1-5,9-10,12,14,21,23H,6-8,11,13,15-19,29H2,(H,30,35)/t21-,23?/m1/s1. The van der Waals surface area contributed by atoms with Gasteiger partial charge in [-0.15, -0.1) is 11.3 Å². The molecule has 0 aliphatic carbocycles. The van der Waals surface area contributed by atoms with Gasteiger partial charge in [0.05, 0.1) is 22.2 Å². The third kappa shape index (κ3) is 6.77. The van der Waals surface area contributed by atoms with Gasteiger partial charge in [0.25, 0.3) is 0 Å². The fourth-order valence-corrected chi connectivity index (χ4v) is 5.61. The Hall–Kier alpha value is -3.10. The predicted molar refractivity (Wildman–Crippen MR) is 143 cm³/mol. The maximum atomic E-state index is 13.4. The molecule has 3 aromatic rings. The first kappa shape index (κ1) is 26.0. The van der Waals surface area contributed by atoms with Crippen molar-refractivity contribution in [1.29, 1.82) is 0 Å². The van der Waals surface area contributed by atoms with Crippen LogP contribution < -0.4 is 11.1 Å². The second-order valence-corrected chi connectivity index (χ2v) is 10.4. The molecule has 8 heteroatoms. The molecular formula is C28H34N4O3S. The van der Waals surface area contributed by atoms with Crippen molar-refractivity contribution < 1.29 is 14.4 Å². The number of carbonyl (C=O) groups excluding carboxylic acids is 3. The van der Waals surface area contributed by atoms with Gasteiger partial charge >= 0.3 is 0 Å². The van der Waals surface area contributed by atoms with Gasteiger partial charge in [-0.3, -0.25) is 14.4 Å². The van der Waals surface area contributed by atoms with Crippen molar-refractivity contribution in [3.8, 4) is 0 Å². The van der Waals surface area contributed by atoms with Crippen molar-refractivity contribution in [2.45, 2.75) is 51.0 Å². The number of likely N-dealkylation sites (tertiary alicyclic amines) is 1. The molecule has 3 N–H and O–H groups in total. The van der Waals surface area contributed by atoms with E-state index in [9.17, 15) is 14.4 Å². The van der Waals surface area contributed by atoms with E-state index in [1.54, 1.807) is 4.90 Å². The second kappa shape index (κ2) is 12.7. The number of nitrogens with two attached hydrogens (primary N) is 1. The number of para-hydroxylation sites is 1. The van der Waals surface area contributed by atoms with Gasteiger partial charge in [-0.05, 0) is 62.8 Å². The molecule has 2 amide bonds. The van der Waals surface area contributed by atoms with Crippen LogP contribution in [-0.4, -0.2) is 53.2 Å². The van der Waals surface area contributed by atoms with E-state index in [1.165, 1.54) is 11.3 Å². The fourth-order valence-electron chi connectivity index (χ4n) is 4.65. The number of thiazole rings is 1. The van der Waals surface area contributed by atoms with Crippen molar-refractivity contribution >= 4 is 39.2 Å². The number of fused-ring (bicyclic) bond motifs is 1. The van der Waals surface area contributed by atoms with Gasteiger partial charge < -0.3 is 16.0 Å². The van der Waals surface area contributed by atoms with Gasteiger partial charge in [-0.2, -0.15) is 0 Å². The topological polar surface area (TPSA) is 105 Å². The number of aryl methyl sites for hydroxylation is 1. The molecule has 2 atom stereocenters. The van der Waals surface area contributed by atoms with Crippen LogP contribution in [0.3, 0.4) is 0 Å². The Kier molecular flexibility index (Phi) is 9.19.